The molecule has 1 aliphatic heterocycles. The number of hydrogen-bond acceptors (Lipinski definition) is 2. The monoisotopic (exact) mass is 275 g/mol. The van der Waals surface area contributed by atoms with Crippen LogP contribution < -0.4 is 10.1 Å². The number of rotatable bonds is 3. The molecule has 0 aliphatic carbocycles. The van der Waals surface area contributed by atoms with Crippen molar-refractivity contribution in [2.45, 2.75) is 0 Å². The lowest BCUT2D eigenvalue weighted by Crippen LogP contribution is -2.45. The number of benzene rings is 1. The molecule has 14 heavy (non-hydrogen) atoms. The van der Waals surface area contributed by atoms with Crippen LogP contribution in [-0.2, 0) is 0 Å². The predicted molar refractivity (Wildman–Crippen MR) is 61.0 cm³/mol. The molecule has 1 aromatic carbocycles. The van der Waals surface area contributed by atoms with E-state index >= 15 is 0 Å². The van der Waals surface area contributed by atoms with Gasteiger partial charge in [-0.05, 0) is 34.1 Å². The summed E-state index contributed by atoms with van der Waals surface area (Å²) in [5, 5.41) is 3.93. The van der Waals surface area contributed by atoms with Crippen molar-refractivity contribution in [3.63, 3.8) is 0 Å². The summed E-state index contributed by atoms with van der Waals surface area (Å²) in [6.07, 6.45) is 0. The zero-order valence-electron chi connectivity index (χ0n) is 7.59. The molecule has 0 atom stereocenters. The van der Waals surface area contributed by atoms with Crippen LogP contribution >= 0.6 is 27.5 Å². The fourth-order valence-corrected chi connectivity index (χ4v) is 2.06. The van der Waals surface area contributed by atoms with E-state index in [1.54, 1.807) is 0 Å². The van der Waals surface area contributed by atoms with Gasteiger partial charge in [0.15, 0.2) is 0 Å². The minimum absolute atomic E-state index is 0.651. The summed E-state index contributed by atoms with van der Waals surface area (Å²) >= 11 is 9.23. The quantitative estimate of drug-likeness (QED) is 0.916. The largest absolute Gasteiger partial charge is 0.492 e. The smallest absolute Gasteiger partial charge is 0.133 e. The topological polar surface area (TPSA) is 21.3 Å². The Bertz CT molecular complexity index is 328. The van der Waals surface area contributed by atoms with Crippen molar-refractivity contribution in [2.75, 3.05) is 19.7 Å². The summed E-state index contributed by atoms with van der Waals surface area (Å²) < 4.78 is 6.56. The highest BCUT2D eigenvalue weighted by molar-refractivity contribution is 9.10. The lowest BCUT2D eigenvalue weighted by atomic mass is 10.1. The van der Waals surface area contributed by atoms with Crippen LogP contribution in [0.25, 0.3) is 0 Å². The molecule has 0 unspecified atom stereocenters. The van der Waals surface area contributed by atoms with Crippen molar-refractivity contribution >= 4 is 27.5 Å². The van der Waals surface area contributed by atoms with Gasteiger partial charge in [0.25, 0.3) is 0 Å². The van der Waals surface area contributed by atoms with Gasteiger partial charge in [-0.1, -0.05) is 11.6 Å². The van der Waals surface area contributed by atoms with E-state index in [1.165, 1.54) is 0 Å². The summed E-state index contributed by atoms with van der Waals surface area (Å²) in [7, 11) is 0. The van der Waals surface area contributed by atoms with Gasteiger partial charge in [-0.2, -0.15) is 0 Å². The molecule has 0 amide bonds. The van der Waals surface area contributed by atoms with Gasteiger partial charge < -0.3 is 10.1 Å². The van der Waals surface area contributed by atoms with Gasteiger partial charge in [-0.15, -0.1) is 0 Å². The van der Waals surface area contributed by atoms with Crippen LogP contribution in [0.1, 0.15) is 0 Å². The van der Waals surface area contributed by atoms with E-state index in [-0.39, 0.29) is 0 Å². The van der Waals surface area contributed by atoms with E-state index in [4.69, 9.17) is 16.3 Å². The van der Waals surface area contributed by atoms with Crippen molar-refractivity contribution in [2.24, 2.45) is 5.92 Å². The van der Waals surface area contributed by atoms with Gasteiger partial charge in [0, 0.05) is 24.0 Å². The molecule has 1 heterocycles. The number of ether oxygens (including phenoxy) is 1. The second kappa shape index (κ2) is 4.51. The van der Waals surface area contributed by atoms with E-state index < -0.39 is 0 Å². The zero-order valence-corrected chi connectivity index (χ0v) is 9.94. The van der Waals surface area contributed by atoms with Crippen molar-refractivity contribution in [3.05, 3.63) is 27.7 Å². The first kappa shape index (κ1) is 10.3. The highest BCUT2D eigenvalue weighted by atomic mass is 79.9. The van der Waals surface area contributed by atoms with Crippen LogP contribution in [0.2, 0.25) is 5.02 Å². The first-order valence-corrected chi connectivity index (χ1v) is 5.71. The molecule has 1 fully saturated rings. The second-order valence-corrected chi connectivity index (χ2v) is 4.70. The Morgan fingerprint density at radius 1 is 1.50 bits per heavy atom. The molecule has 4 heteroatoms. The Labute approximate surface area is 96.7 Å². The standard InChI is InChI=1S/C10H11BrClNO/c11-9-3-8(12)1-2-10(9)14-6-7-4-13-5-7/h1-3,7,13H,4-6H2. The number of halogens is 2. The summed E-state index contributed by atoms with van der Waals surface area (Å²) in [5.74, 6) is 1.51. The minimum atomic E-state index is 0.651. The van der Waals surface area contributed by atoms with E-state index in [9.17, 15) is 0 Å². The van der Waals surface area contributed by atoms with Crippen LogP contribution in [0, 0.1) is 5.92 Å². The SMILES string of the molecule is Clc1ccc(OCC2CNC2)c(Br)c1. The molecule has 0 saturated carbocycles. The lowest BCUT2D eigenvalue weighted by molar-refractivity contribution is 0.198. The normalized spacial score (nSPS) is 16.4. The second-order valence-electron chi connectivity index (χ2n) is 3.41. The average Bonchev–Trinajstić information content (AvgIpc) is 2.05. The Balaban J connectivity index is 1.94. The molecule has 0 aromatic heterocycles. The molecule has 2 nitrogen and oxygen atoms in total. The van der Waals surface area contributed by atoms with Crippen LogP contribution in [0.15, 0.2) is 22.7 Å². The molecule has 0 radical (unpaired) electrons. The van der Waals surface area contributed by atoms with Gasteiger partial charge >= 0.3 is 0 Å². The molecule has 1 N–H and O–H groups in total. The summed E-state index contributed by atoms with van der Waals surface area (Å²) in [5.41, 5.74) is 0. The van der Waals surface area contributed by atoms with E-state index in [0.717, 1.165) is 34.9 Å². The fraction of sp³-hybridized carbons (Fsp3) is 0.400. The Morgan fingerprint density at radius 2 is 2.29 bits per heavy atom. The third-order valence-electron chi connectivity index (χ3n) is 2.23. The Hall–Kier alpha value is -0.250. The summed E-state index contributed by atoms with van der Waals surface area (Å²) in [6.45, 7) is 2.89. The zero-order chi connectivity index (χ0) is 9.97. The van der Waals surface area contributed by atoms with E-state index in [1.807, 2.05) is 18.2 Å². The number of nitrogens with one attached hydrogen (secondary N) is 1. The molecule has 1 aliphatic rings. The van der Waals surface area contributed by atoms with Crippen LogP contribution in [0.3, 0.4) is 0 Å². The third kappa shape index (κ3) is 2.41. The number of hydrogen-bond donors (Lipinski definition) is 1. The molecule has 2 rings (SSSR count). The first-order chi connectivity index (χ1) is 6.75. The van der Waals surface area contributed by atoms with Crippen molar-refractivity contribution in [3.8, 4) is 5.75 Å². The van der Waals surface area contributed by atoms with Crippen LogP contribution in [0.5, 0.6) is 5.75 Å². The minimum Gasteiger partial charge on any atom is -0.492 e. The van der Waals surface area contributed by atoms with Gasteiger partial charge in [0.05, 0.1) is 11.1 Å². The van der Waals surface area contributed by atoms with Gasteiger partial charge in [-0.3, -0.25) is 0 Å². The molecule has 1 aromatic rings. The molecular weight excluding hydrogens is 265 g/mol. The predicted octanol–water partition coefficient (Wildman–Crippen LogP) is 2.70. The van der Waals surface area contributed by atoms with Crippen molar-refractivity contribution < 1.29 is 4.74 Å². The maximum absolute atomic E-state index is 5.82. The lowest BCUT2D eigenvalue weighted by Gasteiger charge is -2.27. The molecule has 0 spiro atoms. The van der Waals surface area contributed by atoms with Crippen molar-refractivity contribution in [1.29, 1.82) is 0 Å². The highest BCUT2D eigenvalue weighted by Crippen LogP contribution is 2.28. The molecular formula is C10H11BrClNO. The fourth-order valence-electron chi connectivity index (χ4n) is 1.27. The van der Waals surface area contributed by atoms with Gasteiger partial charge in [0.2, 0.25) is 0 Å². The van der Waals surface area contributed by atoms with Crippen LogP contribution in [0.4, 0.5) is 0 Å². The summed E-state index contributed by atoms with van der Waals surface area (Å²) in [4.78, 5) is 0. The molecule has 0 bridgehead atoms. The van der Waals surface area contributed by atoms with Gasteiger partial charge in [0.1, 0.15) is 5.75 Å². The Morgan fingerprint density at radius 3 is 2.86 bits per heavy atom. The summed E-state index contributed by atoms with van der Waals surface area (Å²) in [6, 6.07) is 5.56. The molecule has 76 valence electrons. The first-order valence-electron chi connectivity index (χ1n) is 4.54. The Kier molecular flexibility index (Phi) is 3.31. The van der Waals surface area contributed by atoms with Crippen LogP contribution in [-0.4, -0.2) is 19.7 Å². The van der Waals surface area contributed by atoms with Crippen molar-refractivity contribution in [1.82, 2.24) is 5.32 Å². The maximum atomic E-state index is 5.82. The average molecular weight is 277 g/mol. The third-order valence-corrected chi connectivity index (χ3v) is 3.09. The van der Waals surface area contributed by atoms with E-state index in [2.05, 4.69) is 21.2 Å². The van der Waals surface area contributed by atoms with E-state index in [0.29, 0.717) is 5.92 Å². The van der Waals surface area contributed by atoms with Gasteiger partial charge in [-0.25, -0.2) is 0 Å². The maximum Gasteiger partial charge on any atom is 0.133 e. The highest BCUT2D eigenvalue weighted by Gasteiger charge is 2.17. The molecule has 1 saturated heterocycles.